The summed E-state index contributed by atoms with van der Waals surface area (Å²) in [5.41, 5.74) is 2.90. The van der Waals surface area contributed by atoms with Gasteiger partial charge in [0.25, 0.3) is 0 Å². The summed E-state index contributed by atoms with van der Waals surface area (Å²) in [7, 11) is 5.66. The quantitative estimate of drug-likeness (QED) is 0.562. The maximum Gasteiger partial charge on any atom is 2.00 e. The van der Waals surface area contributed by atoms with E-state index in [1.165, 1.54) is 4.59 Å². The van der Waals surface area contributed by atoms with Gasteiger partial charge in [-0.2, -0.15) is 6.42 Å². The van der Waals surface area contributed by atoms with E-state index >= 15 is 0 Å². The Hall–Kier alpha value is -0.557. The van der Waals surface area contributed by atoms with Crippen molar-refractivity contribution in [3.63, 3.8) is 0 Å². The van der Waals surface area contributed by atoms with Gasteiger partial charge in [0.05, 0.1) is 0 Å². The molecule has 0 saturated heterocycles. The van der Waals surface area contributed by atoms with Crippen LogP contribution in [0.5, 0.6) is 0 Å². The molecule has 0 N–H and O–H groups in total. The third-order valence-electron chi connectivity index (χ3n) is 2.07. The van der Waals surface area contributed by atoms with Gasteiger partial charge in [0.15, 0.2) is 0 Å². The minimum atomic E-state index is 0. The first-order chi connectivity index (χ1) is 6.22. The van der Waals surface area contributed by atoms with Crippen molar-refractivity contribution < 1.29 is 21.1 Å². The van der Waals surface area contributed by atoms with Crippen LogP contribution in [-0.2, 0) is 27.5 Å². The Morgan fingerprint density at radius 3 is 2.93 bits per heavy atom. The van der Waals surface area contributed by atoms with Crippen LogP contribution in [0.1, 0.15) is 11.3 Å². The van der Waals surface area contributed by atoms with Crippen molar-refractivity contribution in [1.29, 1.82) is 0 Å². The Bertz CT molecular complexity index is 451. The number of nitrogens with zero attached hydrogens (tertiary/aromatic N) is 2. The number of hydrogen-bond acceptors (Lipinski definition) is 1. The SMILES string of the molecule is [B]n1nc(C[CH2-])c2[c-]c(C)ccc21.[W+2]. The molecule has 2 nitrogen and oxygen atoms in total. The molecule has 4 heteroatoms. The van der Waals surface area contributed by atoms with Gasteiger partial charge < -0.3 is 11.5 Å². The average Bonchev–Trinajstić information content (AvgIpc) is 2.42. The van der Waals surface area contributed by atoms with Gasteiger partial charge in [-0.25, -0.2) is 0 Å². The molecule has 2 aromatic rings. The van der Waals surface area contributed by atoms with Crippen LogP contribution >= 0.6 is 0 Å². The van der Waals surface area contributed by atoms with Crippen LogP contribution in [0, 0.1) is 19.9 Å². The molecular formula is C10H9BN2W. The molecule has 1 aromatic heterocycles. The Kier molecular flexibility index (Phi) is 3.55. The van der Waals surface area contributed by atoms with E-state index in [4.69, 9.17) is 7.98 Å². The summed E-state index contributed by atoms with van der Waals surface area (Å²) in [5.74, 6) is 0. The van der Waals surface area contributed by atoms with Crippen LogP contribution in [0.4, 0.5) is 0 Å². The molecule has 0 aliphatic heterocycles. The van der Waals surface area contributed by atoms with Crippen molar-refractivity contribution in [2.45, 2.75) is 13.3 Å². The van der Waals surface area contributed by atoms with E-state index in [1.54, 1.807) is 0 Å². The van der Waals surface area contributed by atoms with Crippen molar-refractivity contribution >= 4 is 18.9 Å². The Balaban J connectivity index is 0.000000980. The first-order valence-corrected chi connectivity index (χ1v) is 4.17. The second kappa shape index (κ2) is 4.31. The van der Waals surface area contributed by atoms with Gasteiger partial charge in [0.2, 0.25) is 7.98 Å². The molecule has 0 amide bonds. The molecule has 0 saturated carbocycles. The fourth-order valence-electron chi connectivity index (χ4n) is 1.41. The number of fused-ring (bicyclic) bond motifs is 1. The molecule has 2 radical (unpaired) electrons. The fourth-order valence-corrected chi connectivity index (χ4v) is 1.41. The van der Waals surface area contributed by atoms with E-state index in [2.05, 4.69) is 18.1 Å². The standard InChI is InChI=1S/C10H9BN2.W/c1-3-9-8-6-7(2)4-5-10(8)13(11)12-9;/h4-5H,1,3H2,2H3;/q-2;+2. The molecule has 0 bridgehead atoms. The number of aromatic nitrogens is 2. The molecule has 0 fully saturated rings. The topological polar surface area (TPSA) is 17.8 Å². The van der Waals surface area contributed by atoms with Crippen LogP contribution in [0.15, 0.2) is 12.1 Å². The molecule has 1 heterocycles. The van der Waals surface area contributed by atoms with Gasteiger partial charge in [-0.05, 0) is 11.2 Å². The van der Waals surface area contributed by atoms with Gasteiger partial charge >= 0.3 is 21.1 Å². The van der Waals surface area contributed by atoms with Crippen molar-refractivity contribution in [1.82, 2.24) is 9.69 Å². The zero-order valence-electron chi connectivity index (χ0n) is 7.95. The Labute approximate surface area is 99.4 Å². The predicted octanol–water partition coefficient (Wildman–Crippen LogP) is 1.45. The minimum Gasteiger partial charge on any atom is -0.371 e. The molecule has 14 heavy (non-hydrogen) atoms. The van der Waals surface area contributed by atoms with Gasteiger partial charge in [0, 0.05) is 0 Å². The van der Waals surface area contributed by atoms with Crippen LogP contribution in [0.2, 0.25) is 0 Å². The second-order valence-electron chi connectivity index (χ2n) is 3.04. The van der Waals surface area contributed by atoms with Gasteiger partial charge in [-0.1, -0.05) is 6.92 Å². The van der Waals surface area contributed by atoms with E-state index in [-0.39, 0.29) is 21.1 Å². The summed E-state index contributed by atoms with van der Waals surface area (Å²) < 4.78 is 1.38. The monoisotopic (exact) mass is 352 g/mol. The zero-order valence-corrected chi connectivity index (χ0v) is 10.9. The second-order valence-corrected chi connectivity index (χ2v) is 3.04. The first kappa shape index (κ1) is 11.5. The van der Waals surface area contributed by atoms with Crippen molar-refractivity contribution in [2.24, 2.45) is 0 Å². The van der Waals surface area contributed by atoms with Crippen molar-refractivity contribution in [3.8, 4) is 0 Å². The fraction of sp³-hybridized carbons (Fsp3) is 0.200. The van der Waals surface area contributed by atoms with E-state index in [0.29, 0.717) is 6.42 Å². The molecule has 0 aliphatic rings. The molecular weight excluding hydrogens is 343 g/mol. The molecule has 0 aliphatic carbocycles. The summed E-state index contributed by atoms with van der Waals surface area (Å²) in [5, 5.41) is 5.13. The summed E-state index contributed by atoms with van der Waals surface area (Å²) in [6, 6.07) is 7.15. The maximum atomic E-state index is 5.66. The van der Waals surface area contributed by atoms with Crippen LogP contribution in [-0.4, -0.2) is 17.7 Å². The van der Waals surface area contributed by atoms with Crippen LogP contribution < -0.4 is 0 Å². The minimum absolute atomic E-state index is 0. The van der Waals surface area contributed by atoms with E-state index in [9.17, 15) is 0 Å². The molecule has 0 spiro atoms. The maximum absolute atomic E-state index is 5.66. The Morgan fingerprint density at radius 1 is 1.57 bits per heavy atom. The molecule has 68 valence electrons. The van der Waals surface area contributed by atoms with Crippen LogP contribution in [0.25, 0.3) is 10.9 Å². The summed E-state index contributed by atoms with van der Waals surface area (Å²) in [6.45, 7) is 5.80. The normalized spacial score (nSPS) is 10.1. The summed E-state index contributed by atoms with van der Waals surface area (Å²) in [6.07, 6.45) is 0.640. The number of hydrogen-bond donors (Lipinski definition) is 0. The molecule has 1 aromatic carbocycles. The zero-order chi connectivity index (χ0) is 9.42. The van der Waals surface area contributed by atoms with Crippen molar-refractivity contribution in [2.75, 3.05) is 0 Å². The van der Waals surface area contributed by atoms with Gasteiger partial charge in [0.1, 0.15) is 0 Å². The number of rotatable bonds is 1. The average molecular weight is 352 g/mol. The van der Waals surface area contributed by atoms with E-state index in [1.807, 2.05) is 19.1 Å². The number of benzene rings is 1. The smallest absolute Gasteiger partial charge is 0.371 e. The number of aryl methyl sites for hydroxylation is 1. The third kappa shape index (κ3) is 1.78. The van der Waals surface area contributed by atoms with Gasteiger partial charge in [-0.15, -0.1) is 29.1 Å². The van der Waals surface area contributed by atoms with Crippen LogP contribution in [0.3, 0.4) is 0 Å². The predicted molar refractivity (Wildman–Crippen MR) is 53.5 cm³/mol. The first-order valence-electron chi connectivity index (χ1n) is 4.17. The molecule has 0 atom stereocenters. The summed E-state index contributed by atoms with van der Waals surface area (Å²) >= 11 is 0. The van der Waals surface area contributed by atoms with Gasteiger partial charge in [-0.3, -0.25) is 5.10 Å². The summed E-state index contributed by atoms with van der Waals surface area (Å²) in [4.78, 5) is 0. The third-order valence-corrected chi connectivity index (χ3v) is 2.07. The van der Waals surface area contributed by atoms with Crippen molar-refractivity contribution in [3.05, 3.63) is 36.4 Å². The van der Waals surface area contributed by atoms with E-state index in [0.717, 1.165) is 22.2 Å². The molecule has 2 rings (SSSR count). The Morgan fingerprint density at radius 2 is 2.29 bits per heavy atom. The van der Waals surface area contributed by atoms with E-state index < -0.39 is 0 Å². The molecule has 0 unspecified atom stereocenters. The largest absolute Gasteiger partial charge is 2.00 e.